The zero-order valence-electron chi connectivity index (χ0n) is 17.9. The van der Waals surface area contributed by atoms with Crippen molar-refractivity contribution < 1.29 is 0 Å². The fourth-order valence-electron chi connectivity index (χ4n) is 3.70. The standard InChI is InChI=1S/C22H28N8.HI/c1-16-5-3-8-20(27-16)30-11-9-19(10-12-30)28-22(23-2)24-14-17-6-4-7-18(13-17)21-25-15-26-29-21;/h3-8,13,15,19H,9-12,14H2,1-2H3,(H2,23,24,28)(H,25,26,29);1H. The van der Waals surface area contributed by atoms with Gasteiger partial charge in [-0.1, -0.05) is 24.3 Å². The minimum atomic E-state index is 0. The van der Waals surface area contributed by atoms with Gasteiger partial charge >= 0.3 is 0 Å². The average Bonchev–Trinajstić information content (AvgIpc) is 3.32. The third kappa shape index (κ3) is 6.16. The van der Waals surface area contributed by atoms with E-state index in [4.69, 9.17) is 0 Å². The Hall–Kier alpha value is -2.69. The molecule has 1 aliphatic rings. The van der Waals surface area contributed by atoms with Crippen molar-refractivity contribution in [3.63, 3.8) is 0 Å². The summed E-state index contributed by atoms with van der Waals surface area (Å²) < 4.78 is 0. The molecule has 0 amide bonds. The van der Waals surface area contributed by atoms with Crippen LogP contribution in [0.4, 0.5) is 5.82 Å². The van der Waals surface area contributed by atoms with Crippen LogP contribution in [0.1, 0.15) is 24.1 Å². The van der Waals surface area contributed by atoms with Crippen molar-refractivity contribution in [1.29, 1.82) is 0 Å². The lowest BCUT2D eigenvalue weighted by atomic mass is 10.1. The summed E-state index contributed by atoms with van der Waals surface area (Å²) in [6, 6.07) is 14.8. The van der Waals surface area contributed by atoms with Gasteiger partial charge in [0.1, 0.15) is 12.1 Å². The van der Waals surface area contributed by atoms with E-state index in [1.54, 1.807) is 0 Å². The highest BCUT2D eigenvalue weighted by molar-refractivity contribution is 14.0. The predicted octanol–water partition coefficient (Wildman–Crippen LogP) is 3.13. The molecule has 1 aliphatic heterocycles. The fourth-order valence-corrected chi connectivity index (χ4v) is 3.70. The Bertz CT molecular complexity index is 981. The molecule has 2 aromatic heterocycles. The number of guanidine groups is 1. The summed E-state index contributed by atoms with van der Waals surface area (Å²) in [4.78, 5) is 15.6. The second-order valence-electron chi connectivity index (χ2n) is 7.50. The minimum Gasteiger partial charge on any atom is -0.356 e. The van der Waals surface area contributed by atoms with E-state index in [9.17, 15) is 0 Å². The van der Waals surface area contributed by atoms with Gasteiger partial charge in [-0.15, -0.1) is 24.0 Å². The van der Waals surface area contributed by atoms with Gasteiger partial charge in [-0.25, -0.2) is 9.97 Å². The highest BCUT2D eigenvalue weighted by Crippen LogP contribution is 2.18. The number of rotatable bonds is 5. The molecule has 0 unspecified atom stereocenters. The molecule has 9 heteroatoms. The summed E-state index contributed by atoms with van der Waals surface area (Å²) in [7, 11) is 1.81. The number of H-pyrrole nitrogens is 1. The van der Waals surface area contributed by atoms with E-state index >= 15 is 0 Å². The van der Waals surface area contributed by atoms with Gasteiger partial charge in [-0.2, -0.15) is 5.10 Å². The van der Waals surface area contributed by atoms with Crippen molar-refractivity contribution in [2.24, 2.45) is 4.99 Å². The summed E-state index contributed by atoms with van der Waals surface area (Å²) in [5.74, 6) is 2.67. The molecular formula is C22H29IN8. The first-order valence-electron chi connectivity index (χ1n) is 10.3. The van der Waals surface area contributed by atoms with Gasteiger partial charge in [0.05, 0.1) is 0 Å². The first-order valence-corrected chi connectivity index (χ1v) is 10.3. The number of benzene rings is 1. The molecule has 4 rings (SSSR count). The number of aryl methyl sites for hydroxylation is 1. The zero-order chi connectivity index (χ0) is 20.8. The Morgan fingerprint density at radius 1 is 1.19 bits per heavy atom. The Morgan fingerprint density at radius 2 is 2.00 bits per heavy atom. The second kappa shape index (κ2) is 11.1. The van der Waals surface area contributed by atoms with E-state index in [-0.39, 0.29) is 24.0 Å². The first kappa shape index (κ1) is 23.0. The molecule has 1 aromatic carbocycles. The van der Waals surface area contributed by atoms with Gasteiger partial charge in [0, 0.05) is 44.0 Å². The third-order valence-electron chi connectivity index (χ3n) is 5.33. The van der Waals surface area contributed by atoms with Crippen molar-refractivity contribution in [2.75, 3.05) is 25.0 Å². The predicted molar refractivity (Wildman–Crippen MR) is 135 cm³/mol. The summed E-state index contributed by atoms with van der Waals surface area (Å²) in [5.41, 5.74) is 3.24. The largest absolute Gasteiger partial charge is 0.356 e. The molecule has 0 bridgehead atoms. The SMILES string of the molecule is CN=C(NCc1cccc(-c2ncn[nH]2)c1)NC1CCN(c2cccc(C)n2)CC1.I. The van der Waals surface area contributed by atoms with Crippen LogP contribution in [0, 0.1) is 6.92 Å². The topological polar surface area (TPSA) is 94.1 Å². The molecule has 0 atom stereocenters. The Labute approximate surface area is 200 Å². The maximum absolute atomic E-state index is 4.65. The number of aromatic amines is 1. The van der Waals surface area contributed by atoms with Crippen LogP contribution in [0.5, 0.6) is 0 Å². The van der Waals surface area contributed by atoms with Gasteiger partial charge in [-0.05, 0) is 43.5 Å². The maximum Gasteiger partial charge on any atom is 0.191 e. The van der Waals surface area contributed by atoms with E-state index in [1.165, 1.54) is 6.33 Å². The lowest BCUT2D eigenvalue weighted by Gasteiger charge is -2.34. The van der Waals surface area contributed by atoms with Gasteiger partial charge in [0.2, 0.25) is 0 Å². The van der Waals surface area contributed by atoms with Crippen molar-refractivity contribution >= 4 is 35.8 Å². The number of halogens is 1. The van der Waals surface area contributed by atoms with Gasteiger partial charge in [0.25, 0.3) is 0 Å². The summed E-state index contributed by atoms with van der Waals surface area (Å²) in [6.07, 6.45) is 3.63. The molecule has 3 N–H and O–H groups in total. The highest BCUT2D eigenvalue weighted by Gasteiger charge is 2.21. The normalized spacial score (nSPS) is 14.8. The van der Waals surface area contributed by atoms with Crippen LogP contribution in [0.25, 0.3) is 11.4 Å². The van der Waals surface area contributed by atoms with Crippen molar-refractivity contribution in [2.45, 2.75) is 32.4 Å². The second-order valence-corrected chi connectivity index (χ2v) is 7.50. The van der Waals surface area contributed by atoms with Crippen LogP contribution in [0.15, 0.2) is 53.8 Å². The Morgan fingerprint density at radius 3 is 2.71 bits per heavy atom. The van der Waals surface area contributed by atoms with E-state index in [2.05, 4.69) is 65.0 Å². The Balaban J connectivity index is 0.00000272. The lowest BCUT2D eigenvalue weighted by Crippen LogP contribution is -2.48. The van der Waals surface area contributed by atoms with E-state index in [0.717, 1.165) is 60.4 Å². The van der Waals surface area contributed by atoms with Crippen molar-refractivity contribution in [3.8, 4) is 11.4 Å². The molecule has 0 aliphatic carbocycles. The molecule has 8 nitrogen and oxygen atoms in total. The fraction of sp³-hybridized carbons (Fsp3) is 0.364. The molecule has 0 spiro atoms. The molecule has 3 aromatic rings. The van der Waals surface area contributed by atoms with Crippen LogP contribution >= 0.6 is 24.0 Å². The number of pyridine rings is 1. The van der Waals surface area contributed by atoms with Crippen LogP contribution in [0.3, 0.4) is 0 Å². The molecule has 1 saturated heterocycles. The van der Waals surface area contributed by atoms with Gasteiger partial charge < -0.3 is 15.5 Å². The minimum absolute atomic E-state index is 0. The molecule has 164 valence electrons. The van der Waals surface area contributed by atoms with E-state index < -0.39 is 0 Å². The van der Waals surface area contributed by atoms with Gasteiger partial charge in [0.15, 0.2) is 11.8 Å². The number of piperidine rings is 1. The van der Waals surface area contributed by atoms with Crippen LogP contribution in [-0.2, 0) is 6.54 Å². The third-order valence-corrected chi connectivity index (χ3v) is 5.33. The summed E-state index contributed by atoms with van der Waals surface area (Å²) >= 11 is 0. The molecule has 1 fully saturated rings. The average molecular weight is 532 g/mol. The monoisotopic (exact) mass is 532 g/mol. The van der Waals surface area contributed by atoms with Crippen molar-refractivity contribution in [1.82, 2.24) is 30.8 Å². The number of hydrogen-bond donors (Lipinski definition) is 3. The number of nitrogens with zero attached hydrogens (tertiary/aromatic N) is 5. The summed E-state index contributed by atoms with van der Waals surface area (Å²) in [5, 5.41) is 13.8. The first-order chi connectivity index (χ1) is 14.7. The van der Waals surface area contributed by atoms with E-state index in [0.29, 0.717) is 12.6 Å². The lowest BCUT2D eigenvalue weighted by molar-refractivity contribution is 0.459. The molecule has 0 saturated carbocycles. The molecule has 3 heterocycles. The zero-order valence-corrected chi connectivity index (χ0v) is 20.2. The number of aliphatic imine (C=N–C) groups is 1. The smallest absolute Gasteiger partial charge is 0.191 e. The molecule has 31 heavy (non-hydrogen) atoms. The van der Waals surface area contributed by atoms with E-state index in [1.807, 2.05) is 32.2 Å². The van der Waals surface area contributed by atoms with Crippen molar-refractivity contribution in [3.05, 3.63) is 60.0 Å². The number of aromatic nitrogens is 4. The maximum atomic E-state index is 4.65. The highest BCUT2D eigenvalue weighted by atomic mass is 127. The molecular weight excluding hydrogens is 503 g/mol. The Kier molecular flexibility index (Phi) is 8.21. The number of hydrogen-bond acceptors (Lipinski definition) is 5. The molecule has 0 radical (unpaired) electrons. The number of nitrogens with one attached hydrogen (secondary N) is 3. The summed E-state index contributed by atoms with van der Waals surface area (Å²) in [6.45, 7) is 4.71. The van der Waals surface area contributed by atoms with Gasteiger partial charge in [-0.3, -0.25) is 10.1 Å². The quantitative estimate of drug-likeness (QED) is 0.266. The number of anilines is 1. The van der Waals surface area contributed by atoms with Crippen LogP contribution in [0.2, 0.25) is 0 Å². The van der Waals surface area contributed by atoms with Crippen LogP contribution < -0.4 is 15.5 Å². The van der Waals surface area contributed by atoms with Crippen LogP contribution in [-0.4, -0.2) is 52.3 Å².